The predicted octanol–water partition coefficient (Wildman–Crippen LogP) is 3.92. The van der Waals surface area contributed by atoms with E-state index in [1.165, 1.54) is 22.2 Å². The summed E-state index contributed by atoms with van der Waals surface area (Å²) < 4.78 is 1.80. The first kappa shape index (κ1) is 17.6. The number of nitrogens with one attached hydrogen (secondary N) is 1. The van der Waals surface area contributed by atoms with E-state index in [4.69, 9.17) is 11.6 Å². The summed E-state index contributed by atoms with van der Waals surface area (Å²) in [6, 6.07) is 8.91. The highest BCUT2D eigenvalue weighted by Gasteiger charge is 2.16. The minimum absolute atomic E-state index is 0.146. The maximum absolute atomic E-state index is 12.8. The van der Waals surface area contributed by atoms with E-state index in [1.54, 1.807) is 24.3 Å². The van der Waals surface area contributed by atoms with Gasteiger partial charge in [-0.05, 0) is 37.6 Å². The minimum atomic E-state index is -0.349. The Morgan fingerprint density at radius 1 is 1.30 bits per heavy atom. The molecular weight excluding hydrogens is 384 g/mol. The molecule has 4 rings (SSSR count). The third-order valence-corrected chi connectivity index (χ3v) is 5.60. The van der Waals surface area contributed by atoms with E-state index in [1.807, 2.05) is 19.9 Å². The largest absolute Gasteiger partial charge is 0.323 e. The maximum atomic E-state index is 12.8. The first-order chi connectivity index (χ1) is 12.9. The van der Waals surface area contributed by atoms with Gasteiger partial charge < -0.3 is 5.32 Å². The van der Waals surface area contributed by atoms with Crippen molar-refractivity contribution in [3.63, 3.8) is 0 Å². The molecule has 0 bridgehead atoms. The van der Waals surface area contributed by atoms with Gasteiger partial charge in [0, 0.05) is 11.1 Å². The van der Waals surface area contributed by atoms with Gasteiger partial charge in [-0.15, -0.1) is 11.3 Å². The van der Waals surface area contributed by atoms with Gasteiger partial charge in [-0.25, -0.2) is 9.97 Å². The predicted molar refractivity (Wildman–Crippen MR) is 109 cm³/mol. The van der Waals surface area contributed by atoms with Crippen molar-refractivity contribution in [3.05, 3.63) is 63.3 Å². The van der Waals surface area contributed by atoms with Crippen LogP contribution in [-0.4, -0.2) is 20.4 Å². The number of hydrogen-bond donors (Lipinski definition) is 1. The van der Waals surface area contributed by atoms with E-state index in [0.29, 0.717) is 20.9 Å². The first-order valence-electron chi connectivity index (χ1n) is 8.24. The Bertz CT molecular complexity index is 1260. The molecule has 0 radical (unpaired) electrons. The summed E-state index contributed by atoms with van der Waals surface area (Å²) in [5.41, 5.74) is 2.81. The molecular formula is C19H15ClN4O2S. The number of hydrogen-bond acceptors (Lipinski definition) is 5. The van der Waals surface area contributed by atoms with Gasteiger partial charge in [-0.3, -0.25) is 14.2 Å². The van der Waals surface area contributed by atoms with Crippen molar-refractivity contribution in [1.82, 2.24) is 14.5 Å². The molecule has 0 saturated heterocycles. The van der Waals surface area contributed by atoms with Crippen LogP contribution in [0.15, 0.2) is 41.5 Å². The molecule has 3 heterocycles. The molecule has 0 saturated carbocycles. The van der Waals surface area contributed by atoms with Crippen molar-refractivity contribution in [1.29, 1.82) is 0 Å². The van der Waals surface area contributed by atoms with Crippen molar-refractivity contribution < 1.29 is 4.79 Å². The fraction of sp³-hybridized carbons (Fsp3) is 0.158. The van der Waals surface area contributed by atoms with Crippen LogP contribution in [0.2, 0.25) is 5.02 Å². The average molecular weight is 399 g/mol. The maximum Gasteiger partial charge on any atom is 0.271 e. The van der Waals surface area contributed by atoms with Crippen LogP contribution >= 0.6 is 22.9 Å². The Labute approximate surface area is 163 Å². The Morgan fingerprint density at radius 3 is 2.85 bits per heavy atom. The Balaban J connectivity index is 1.71. The van der Waals surface area contributed by atoms with Gasteiger partial charge in [0.25, 0.3) is 5.56 Å². The highest BCUT2D eigenvalue weighted by atomic mass is 35.5. The SMILES string of the molecule is Cc1cc(C)c2c(n1)sc1c(=O)n(CC(=O)Nc3ccccc3Cl)cnc12. The number of fused-ring (bicyclic) bond motifs is 3. The van der Waals surface area contributed by atoms with Gasteiger partial charge in [-0.2, -0.15) is 0 Å². The second kappa shape index (κ2) is 6.75. The molecule has 0 aliphatic heterocycles. The van der Waals surface area contributed by atoms with Gasteiger partial charge in [0.15, 0.2) is 0 Å². The third-order valence-electron chi connectivity index (χ3n) is 4.21. The number of thiophene rings is 1. The quantitative estimate of drug-likeness (QED) is 0.567. The zero-order valence-electron chi connectivity index (χ0n) is 14.6. The van der Waals surface area contributed by atoms with Gasteiger partial charge >= 0.3 is 0 Å². The van der Waals surface area contributed by atoms with E-state index in [9.17, 15) is 9.59 Å². The highest BCUT2D eigenvalue weighted by Crippen LogP contribution is 2.31. The summed E-state index contributed by atoms with van der Waals surface area (Å²) in [5, 5.41) is 4.04. The first-order valence-corrected chi connectivity index (χ1v) is 9.44. The van der Waals surface area contributed by atoms with Crippen molar-refractivity contribution in [2.45, 2.75) is 20.4 Å². The van der Waals surface area contributed by atoms with Gasteiger partial charge in [0.05, 0.1) is 22.6 Å². The number of aromatic nitrogens is 3. The second-order valence-electron chi connectivity index (χ2n) is 6.25. The van der Waals surface area contributed by atoms with Crippen LogP contribution in [0.4, 0.5) is 5.69 Å². The van der Waals surface area contributed by atoms with Crippen molar-refractivity contribution in [2.24, 2.45) is 0 Å². The van der Waals surface area contributed by atoms with Crippen LogP contribution < -0.4 is 10.9 Å². The van der Waals surface area contributed by atoms with Crippen molar-refractivity contribution in [3.8, 4) is 0 Å². The number of para-hydroxylation sites is 1. The van der Waals surface area contributed by atoms with Gasteiger partial charge in [0.2, 0.25) is 5.91 Å². The molecule has 1 amide bonds. The lowest BCUT2D eigenvalue weighted by atomic mass is 10.1. The van der Waals surface area contributed by atoms with Crippen LogP contribution in [0.25, 0.3) is 20.4 Å². The van der Waals surface area contributed by atoms with Crippen LogP contribution in [0.1, 0.15) is 11.3 Å². The summed E-state index contributed by atoms with van der Waals surface area (Å²) in [4.78, 5) is 34.9. The van der Waals surface area contributed by atoms with Crippen LogP contribution in [0, 0.1) is 13.8 Å². The number of amides is 1. The number of rotatable bonds is 3. The third kappa shape index (κ3) is 3.20. The number of carbonyl (C=O) groups excluding carboxylic acids is 1. The Hall–Kier alpha value is -2.77. The topological polar surface area (TPSA) is 76.9 Å². The molecule has 0 unspecified atom stereocenters. The molecule has 6 nitrogen and oxygen atoms in total. The lowest BCUT2D eigenvalue weighted by Gasteiger charge is -2.08. The van der Waals surface area contributed by atoms with Gasteiger partial charge in [-0.1, -0.05) is 23.7 Å². The van der Waals surface area contributed by atoms with Crippen LogP contribution in [0.3, 0.4) is 0 Å². The lowest BCUT2D eigenvalue weighted by molar-refractivity contribution is -0.116. The second-order valence-corrected chi connectivity index (χ2v) is 7.65. The molecule has 0 fully saturated rings. The lowest BCUT2D eigenvalue weighted by Crippen LogP contribution is -2.27. The summed E-state index contributed by atoms with van der Waals surface area (Å²) in [6.07, 6.45) is 1.41. The minimum Gasteiger partial charge on any atom is -0.323 e. The van der Waals surface area contributed by atoms with E-state index in [2.05, 4.69) is 15.3 Å². The molecule has 0 spiro atoms. The average Bonchev–Trinajstić information content (AvgIpc) is 2.99. The van der Waals surface area contributed by atoms with Crippen molar-refractivity contribution >= 4 is 55.0 Å². The van der Waals surface area contributed by atoms with E-state index in [-0.39, 0.29) is 18.0 Å². The summed E-state index contributed by atoms with van der Waals surface area (Å²) >= 11 is 7.36. The molecule has 1 aromatic carbocycles. The zero-order chi connectivity index (χ0) is 19.1. The molecule has 8 heteroatoms. The molecule has 3 aromatic heterocycles. The van der Waals surface area contributed by atoms with Crippen molar-refractivity contribution in [2.75, 3.05) is 5.32 Å². The normalized spacial score (nSPS) is 11.2. The zero-order valence-corrected chi connectivity index (χ0v) is 16.2. The molecule has 27 heavy (non-hydrogen) atoms. The number of carbonyl (C=O) groups is 1. The van der Waals surface area contributed by atoms with E-state index >= 15 is 0 Å². The molecule has 1 N–H and O–H groups in total. The Kier molecular flexibility index (Phi) is 4.41. The number of aryl methyl sites for hydroxylation is 2. The fourth-order valence-electron chi connectivity index (χ4n) is 3.02. The van der Waals surface area contributed by atoms with Crippen LogP contribution in [-0.2, 0) is 11.3 Å². The summed E-state index contributed by atoms with van der Waals surface area (Å²) in [6.45, 7) is 3.75. The van der Waals surface area contributed by atoms with Gasteiger partial charge in [0.1, 0.15) is 16.1 Å². The highest BCUT2D eigenvalue weighted by molar-refractivity contribution is 7.25. The standard InChI is InChI=1S/C19H15ClN4O2S/c1-10-7-11(2)22-18-15(10)16-17(27-18)19(26)24(9-21-16)8-14(25)23-13-6-4-3-5-12(13)20/h3-7,9H,8H2,1-2H3,(H,23,25). The Morgan fingerprint density at radius 2 is 2.07 bits per heavy atom. The summed E-state index contributed by atoms with van der Waals surface area (Å²) in [7, 11) is 0. The van der Waals surface area contributed by atoms with Crippen LogP contribution in [0.5, 0.6) is 0 Å². The van der Waals surface area contributed by atoms with E-state index in [0.717, 1.165) is 21.5 Å². The summed E-state index contributed by atoms with van der Waals surface area (Å²) in [5.74, 6) is -0.349. The molecule has 0 aliphatic carbocycles. The van der Waals surface area contributed by atoms with E-state index < -0.39 is 0 Å². The molecule has 136 valence electrons. The molecule has 0 atom stereocenters. The number of anilines is 1. The fourth-order valence-corrected chi connectivity index (χ4v) is 4.40. The number of benzene rings is 1. The molecule has 0 aliphatic rings. The number of nitrogens with zero attached hydrogens (tertiary/aromatic N) is 3. The monoisotopic (exact) mass is 398 g/mol. The number of halogens is 1. The number of pyridine rings is 1. The molecule has 4 aromatic rings. The smallest absolute Gasteiger partial charge is 0.271 e.